The van der Waals surface area contributed by atoms with E-state index in [0.717, 1.165) is 20.7 Å². The molecular formula is C18H16BrClN2O2S. The molecule has 0 unspecified atom stereocenters. The van der Waals surface area contributed by atoms with Crippen LogP contribution in [0.25, 0.3) is 0 Å². The predicted octanol–water partition coefficient (Wildman–Crippen LogP) is 5.76. The maximum Gasteiger partial charge on any atom is 0.182 e. The van der Waals surface area contributed by atoms with Crippen molar-refractivity contribution in [2.24, 2.45) is 0 Å². The molecule has 0 amide bonds. The molecule has 0 radical (unpaired) electrons. The number of anilines is 1. The molecule has 0 aliphatic rings. The van der Waals surface area contributed by atoms with Crippen molar-refractivity contribution in [1.29, 1.82) is 0 Å². The van der Waals surface area contributed by atoms with E-state index in [1.807, 2.05) is 41.8 Å². The van der Waals surface area contributed by atoms with Crippen LogP contribution in [0.4, 0.5) is 5.13 Å². The molecule has 25 heavy (non-hydrogen) atoms. The van der Waals surface area contributed by atoms with Crippen LogP contribution in [0.1, 0.15) is 11.1 Å². The maximum absolute atomic E-state index is 6.01. The maximum atomic E-state index is 6.01. The van der Waals surface area contributed by atoms with Crippen LogP contribution < -0.4 is 14.8 Å². The lowest BCUT2D eigenvalue weighted by molar-refractivity contribution is 0.284. The summed E-state index contributed by atoms with van der Waals surface area (Å²) >= 11 is 11.2. The minimum absolute atomic E-state index is 0.417. The van der Waals surface area contributed by atoms with E-state index in [-0.39, 0.29) is 0 Å². The van der Waals surface area contributed by atoms with Gasteiger partial charge in [0.15, 0.2) is 16.6 Å². The van der Waals surface area contributed by atoms with Gasteiger partial charge in [0.1, 0.15) is 6.61 Å². The number of thiazole rings is 1. The fraction of sp³-hybridized carbons (Fsp3) is 0.167. The Kier molecular flexibility index (Phi) is 6.18. The summed E-state index contributed by atoms with van der Waals surface area (Å²) in [6, 6.07) is 11.5. The van der Waals surface area contributed by atoms with Crippen molar-refractivity contribution in [3.63, 3.8) is 0 Å². The number of rotatable bonds is 7. The number of benzene rings is 2. The van der Waals surface area contributed by atoms with E-state index in [1.54, 1.807) is 24.6 Å². The summed E-state index contributed by atoms with van der Waals surface area (Å²) in [5.74, 6) is 1.36. The third-order valence-corrected chi connectivity index (χ3v) is 5.18. The van der Waals surface area contributed by atoms with E-state index in [4.69, 9.17) is 21.1 Å². The molecule has 130 valence electrons. The smallest absolute Gasteiger partial charge is 0.182 e. The Labute approximate surface area is 163 Å². The molecule has 0 aliphatic heterocycles. The predicted molar refractivity (Wildman–Crippen MR) is 106 cm³/mol. The lowest BCUT2D eigenvalue weighted by atomic mass is 10.2. The van der Waals surface area contributed by atoms with E-state index in [1.165, 1.54) is 0 Å². The Morgan fingerprint density at radius 3 is 2.84 bits per heavy atom. The second-order valence-corrected chi connectivity index (χ2v) is 7.39. The number of halogens is 2. The Hall–Kier alpha value is -1.76. The first kappa shape index (κ1) is 18.0. The number of ether oxygens (including phenoxy) is 2. The highest BCUT2D eigenvalue weighted by Crippen LogP contribution is 2.34. The lowest BCUT2D eigenvalue weighted by Gasteiger charge is -2.14. The topological polar surface area (TPSA) is 43.4 Å². The summed E-state index contributed by atoms with van der Waals surface area (Å²) in [7, 11) is 1.63. The van der Waals surface area contributed by atoms with Gasteiger partial charge in [0.25, 0.3) is 0 Å². The van der Waals surface area contributed by atoms with Gasteiger partial charge in [-0.1, -0.05) is 39.7 Å². The van der Waals surface area contributed by atoms with Gasteiger partial charge in [-0.2, -0.15) is 0 Å². The van der Waals surface area contributed by atoms with Crippen molar-refractivity contribution in [2.75, 3.05) is 12.4 Å². The van der Waals surface area contributed by atoms with Gasteiger partial charge in [0, 0.05) is 27.6 Å². The molecule has 2 aromatic carbocycles. The van der Waals surface area contributed by atoms with Gasteiger partial charge in [0.05, 0.1) is 7.11 Å². The van der Waals surface area contributed by atoms with Crippen molar-refractivity contribution in [1.82, 2.24) is 4.98 Å². The molecule has 0 saturated carbocycles. The van der Waals surface area contributed by atoms with Crippen LogP contribution >= 0.6 is 38.9 Å². The summed E-state index contributed by atoms with van der Waals surface area (Å²) in [6.45, 7) is 1.05. The van der Waals surface area contributed by atoms with Crippen molar-refractivity contribution in [3.05, 3.63) is 68.6 Å². The molecule has 1 N–H and O–H groups in total. The van der Waals surface area contributed by atoms with E-state index >= 15 is 0 Å². The Bertz CT molecular complexity index is 843. The van der Waals surface area contributed by atoms with Crippen LogP contribution in [0.15, 0.2) is 52.4 Å². The van der Waals surface area contributed by atoms with Crippen LogP contribution in [0.2, 0.25) is 5.02 Å². The molecular weight excluding hydrogens is 424 g/mol. The van der Waals surface area contributed by atoms with E-state index < -0.39 is 0 Å². The van der Waals surface area contributed by atoms with Crippen molar-refractivity contribution in [3.8, 4) is 11.5 Å². The molecule has 1 heterocycles. The van der Waals surface area contributed by atoms with E-state index in [2.05, 4.69) is 26.2 Å². The number of aromatic nitrogens is 1. The first-order valence-electron chi connectivity index (χ1n) is 7.52. The number of hydrogen-bond donors (Lipinski definition) is 1. The first-order chi connectivity index (χ1) is 12.2. The zero-order chi connectivity index (χ0) is 17.6. The molecule has 0 atom stereocenters. The summed E-state index contributed by atoms with van der Waals surface area (Å²) in [4.78, 5) is 4.22. The molecule has 0 aliphatic carbocycles. The van der Waals surface area contributed by atoms with Gasteiger partial charge < -0.3 is 14.8 Å². The third-order valence-electron chi connectivity index (χ3n) is 3.48. The molecule has 7 heteroatoms. The van der Waals surface area contributed by atoms with Crippen LogP contribution in [0.5, 0.6) is 11.5 Å². The number of hydrogen-bond acceptors (Lipinski definition) is 5. The van der Waals surface area contributed by atoms with Gasteiger partial charge in [0.2, 0.25) is 0 Å². The average molecular weight is 440 g/mol. The molecule has 0 spiro atoms. The summed E-state index contributed by atoms with van der Waals surface area (Å²) in [5, 5.41) is 6.79. The molecule has 3 aromatic rings. The van der Waals surface area contributed by atoms with E-state index in [9.17, 15) is 0 Å². The minimum atomic E-state index is 0.417. The Morgan fingerprint density at radius 1 is 1.24 bits per heavy atom. The van der Waals surface area contributed by atoms with E-state index in [0.29, 0.717) is 29.7 Å². The zero-order valence-electron chi connectivity index (χ0n) is 13.5. The van der Waals surface area contributed by atoms with Crippen molar-refractivity contribution >= 4 is 44.0 Å². The molecule has 4 nitrogen and oxygen atoms in total. The standard InChI is InChI=1S/C18H16BrClN2O2S/c1-23-16-8-13(10-22-18-21-5-6-25-18)15(19)9-17(16)24-11-12-3-2-4-14(20)7-12/h2-9H,10-11H2,1H3,(H,21,22). The minimum Gasteiger partial charge on any atom is -0.493 e. The lowest BCUT2D eigenvalue weighted by Crippen LogP contribution is -2.02. The molecule has 0 saturated heterocycles. The molecule has 3 rings (SSSR count). The summed E-state index contributed by atoms with van der Waals surface area (Å²) < 4.78 is 12.3. The fourth-order valence-electron chi connectivity index (χ4n) is 2.25. The number of nitrogens with zero attached hydrogens (tertiary/aromatic N) is 1. The average Bonchev–Trinajstić information content (AvgIpc) is 3.12. The SMILES string of the molecule is COc1cc(CNc2nccs2)c(Br)cc1OCc1cccc(Cl)c1. The highest BCUT2D eigenvalue weighted by atomic mass is 79.9. The van der Waals surface area contributed by atoms with Crippen molar-refractivity contribution in [2.45, 2.75) is 13.2 Å². The Balaban J connectivity index is 1.72. The van der Waals surface area contributed by atoms with Crippen LogP contribution in [-0.2, 0) is 13.2 Å². The summed E-state index contributed by atoms with van der Waals surface area (Å²) in [5.41, 5.74) is 2.06. The highest BCUT2D eigenvalue weighted by Gasteiger charge is 2.11. The fourth-order valence-corrected chi connectivity index (χ4v) is 3.46. The van der Waals surface area contributed by atoms with Gasteiger partial charge >= 0.3 is 0 Å². The van der Waals surface area contributed by atoms with Gasteiger partial charge in [-0.05, 0) is 35.4 Å². The van der Waals surface area contributed by atoms with Crippen LogP contribution in [0, 0.1) is 0 Å². The second-order valence-electron chi connectivity index (χ2n) is 5.20. The van der Waals surface area contributed by atoms with Gasteiger partial charge in [-0.15, -0.1) is 11.3 Å². The highest BCUT2D eigenvalue weighted by molar-refractivity contribution is 9.10. The number of nitrogens with one attached hydrogen (secondary N) is 1. The Morgan fingerprint density at radius 2 is 2.12 bits per heavy atom. The van der Waals surface area contributed by atoms with Gasteiger partial charge in [-0.25, -0.2) is 4.98 Å². The summed E-state index contributed by atoms with van der Waals surface area (Å²) in [6.07, 6.45) is 1.77. The van der Waals surface area contributed by atoms with Crippen molar-refractivity contribution < 1.29 is 9.47 Å². The molecule has 1 aromatic heterocycles. The molecule has 0 bridgehead atoms. The first-order valence-corrected chi connectivity index (χ1v) is 9.58. The normalized spacial score (nSPS) is 10.5. The van der Waals surface area contributed by atoms with Crippen LogP contribution in [0.3, 0.4) is 0 Å². The third kappa shape index (κ3) is 4.87. The quantitative estimate of drug-likeness (QED) is 0.508. The molecule has 0 fully saturated rings. The zero-order valence-corrected chi connectivity index (χ0v) is 16.6. The largest absolute Gasteiger partial charge is 0.493 e. The van der Waals surface area contributed by atoms with Gasteiger partial charge in [-0.3, -0.25) is 0 Å². The number of methoxy groups -OCH3 is 1. The monoisotopic (exact) mass is 438 g/mol. The second kappa shape index (κ2) is 8.56. The van der Waals surface area contributed by atoms with Crippen LogP contribution in [-0.4, -0.2) is 12.1 Å².